The van der Waals surface area contributed by atoms with Gasteiger partial charge in [-0.2, -0.15) is 0 Å². The lowest BCUT2D eigenvalue weighted by Crippen LogP contribution is -2.50. The molecule has 1 aliphatic rings. The average molecular weight is 318 g/mol. The summed E-state index contributed by atoms with van der Waals surface area (Å²) in [6.07, 6.45) is 3.07. The van der Waals surface area contributed by atoms with Crippen molar-refractivity contribution in [2.24, 2.45) is 11.1 Å². The molecule has 1 aromatic carbocycles. The third-order valence-electron chi connectivity index (χ3n) is 4.40. The maximum absolute atomic E-state index is 14.0. The largest absolute Gasteiger partial charge is 0.324 e. The summed E-state index contributed by atoms with van der Waals surface area (Å²) in [6.45, 7) is 4.15. The summed E-state index contributed by atoms with van der Waals surface area (Å²) in [6, 6.07) is 2.67. The quantitative estimate of drug-likeness (QED) is 0.814. The third kappa shape index (κ3) is 2.21. The van der Waals surface area contributed by atoms with Crippen molar-refractivity contribution in [1.82, 2.24) is 0 Å². The lowest BCUT2D eigenvalue weighted by molar-refractivity contribution is 0.203. The fourth-order valence-corrected chi connectivity index (χ4v) is 3.18. The molecule has 18 heavy (non-hydrogen) atoms. The van der Waals surface area contributed by atoms with Crippen LogP contribution in [-0.2, 0) is 6.42 Å². The van der Waals surface area contributed by atoms with E-state index in [1.165, 1.54) is 12.1 Å². The van der Waals surface area contributed by atoms with E-state index in [9.17, 15) is 8.78 Å². The first-order valence-electron chi connectivity index (χ1n) is 6.18. The van der Waals surface area contributed by atoms with E-state index in [0.29, 0.717) is 4.47 Å². The number of hydrogen-bond donors (Lipinski definition) is 1. The minimum absolute atomic E-state index is 0.0891. The van der Waals surface area contributed by atoms with Crippen LogP contribution in [0.25, 0.3) is 0 Å². The van der Waals surface area contributed by atoms with Crippen molar-refractivity contribution in [3.8, 4) is 0 Å². The molecule has 0 radical (unpaired) electrons. The molecular formula is C14H18BrF2N. The number of nitrogens with two attached hydrogens (primary N) is 1. The Hall–Kier alpha value is -0.480. The first-order chi connectivity index (χ1) is 8.27. The Morgan fingerprint density at radius 1 is 1.28 bits per heavy atom. The lowest BCUT2D eigenvalue weighted by atomic mass is 9.72. The summed E-state index contributed by atoms with van der Waals surface area (Å²) in [4.78, 5) is 0. The van der Waals surface area contributed by atoms with Crippen molar-refractivity contribution in [3.05, 3.63) is 33.8 Å². The van der Waals surface area contributed by atoms with Gasteiger partial charge in [0.2, 0.25) is 0 Å². The summed E-state index contributed by atoms with van der Waals surface area (Å²) >= 11 is 3.09. The summed E-state index contributed by atoms with van der Waals surface area (Å²) < 4.78 is 28.1. The fourth-order valence-electron chi connectivity index (χ4n) is 2.81. The molecule has 1 atom stereocenters. The molecule has 0 saturated heterocycles. The van der Waals surface area contributed by atoms with Crippen molar-refractivity contribution in [1.29, 1.82) is 0 Å². The zero-order chi connectivity index (χ0) is 13.6. The van der Waals surface area contributed by atoms with Crippen LogP contribution in [0.4, 0.5) is 8.78 Å². The van der Waals surface area contributed by atoms with Gasteiger partial charge in [-0.1, -0.05) is 20.3 Å². The maximum Gasteiger partial charge on any atom is 0.143 e. The molecule has 1 unspecified atom stereocenters. The van der Waals surface area contributed by atoms with Crippen LogP contribution in [0.1, 0.15) is 38.7 Å². The van der Waals surface area contributed by atoms with Crippen LogP contribution in [0.3, 0.4) is 0 Å². The normalized spacial score (nSPS) is 26.6. The van der Waals surface area contributed by atoms with Gasteiger partial charge in [0.05, 0.1) is 4.47 Å². The highest BCUT2D eigenvalue weighted by atomic mass is 79.9. The van der Waals surface area contributed by atoms with Crippen LogP contribution in [0, 0.1) is 17.0 Å². The van der Waals surface area contributed by atoms with Gasteiger partial charge in [-0.05, 0) is 52.7 Å². The van der Waals surface area contributed by atoms with E-state index in [0.717, 1.165) is 19.3 Å². The van der Waals surface area contributed by atoms with E-state index in [1.807, 2.05) is 0 Å². The van der Waals surface area contributed by atoms with Crippen LogP contribution < -0.4 is 5.73 Å². The Balaban J connectivity index is 2.38. The highest BCUT2D eigenvalue weighted by Crippen LogP contribution is 2.46. The molecule has 2 rings (SSSR count). The summed E-state index contributed by atoms with van der Waals surface area (Å²) in [7, 11) is 0. The van der Waals surface area contributed by atoms with Gasteiger partial charge in [0.15, 0.2) is 0 Å². The van der Waals surface area contributed by atoms with E-state index in [1.54, 1.807) is 0 Å². The number of hydrogen-bond acceptors (Lipinski definition) is 1. The van der Waals surface area contributed by atoms with Crippen molar-refractivity contribution in [3.63, 3.8) is 0 Å². The second-order valence-corrected chi connectivity index (χ2v) is 6.75. The Bertz CT molecular complexity index is 473. The predicted molar refractivity (Wildman–Crippen MR) is 72.3 cm³/mol. The molecule has 2 N–H and O–H groups in total. The topological polar surface area (TPSA) is 26.0 Å². The number of rotatable bonds is 2. The highest BCUT2D eigenvalue weighted by Gasteiger charge is 2.46. The SMILES string of the molecule is CC1(C)CCCC1(N)Cc1c(F)ccc(Br)c1F. The second-order valence-electron chi connectivity index (χ2n) is 5.89. The Labute approximate surface area is 115 Å². The van der Waals surface area contributed by atoms with Gasteiger partial charge in [0.1, 0.15) is 11.6 Å². The number of benzene rings is 1. The zero-order valence-electron chi connectivity index (χ0n) is 10.7. The monoisotopic (exact) mass is 317 g/mol. The number of halogens is 3. The molecule has 0 bridgehead atoms. The molecule has 1 aliphatic carbocycles. The minimum atomic E-state index is -0.532. The highest BCUT2D eigenvalue weighted by molar-refractivity contribution is 9.10. The molecule has 0 heterocycles. The van der Waals surface area contributed by atoms with E-state index in [2.05, 4.69) is 29.8 Å². The van der Waals surface area contributed by atoms with E-state index in [4.69, 9.17) is 5.73 Å². The van der Waals surface area contributed by atoms with Crippen molar-refractivity contribution < 1.29 is 8.78 Å². The van der Waals surface area contributed by atoms with Gasteiger partial charge in [-0.3, -0.25) is 0 Å². The maximum atomic E-state index is 14.0. The van der Waals surface area contributed by atoms with Gasteiger partial charge in [-0.25, -0.2) is 8.78 Å². The molecule has 0 aromatic heterocycles. The molecule has 1 fully saturated rings. The second kappa shape index (κ2) is 4.57. The smallest absolute Gasteiger partial charge is 0.143 e. The molecule has 100 valence electrons. The predicted octanol–water partition coefficient (Wildman–Crippen LogP) is 4.18. The van der Waals surface area contributed by atoms with Crippen LogP contribution in [0.5, 0.6) is 0 Å². The molecule has 1 saturated carbocycles. The van der Waals surface area contributed by atoms with E-state index >= 15 is 0 Å². The van der Waals surface area contributed by atoms with Crippen LogP contribution in [0.2, 0.25) is 0 Å². The van der Waals surface area contributed by atoms with Crippen molar-refractivity contribution >= 4 is 15.9 Å². The Morgan fingerprint density at radius 2 is 1.94 bits per heavy atom. The summed E-state index contributed by atoms with van der Waals surface area (Å²) in [5.74, 6) is -1.04. The van der Waals surface area contributed by atoms with E-state index < -0.39 is 17.2 Å². The van der Waals surface area contributed by atoms with Crippen LogP contribution in [-0.4, -0.2) is 5.54 Å². The van der Waals surface area contributed by atoms with Crippen LogP contribution in [0.15, 0.2) is 16.6 Å². The molecule has 0 spiro atoms. The molecule has 0 amide bonds. The van der Waals surface area contributed by atoms with Crippen molar-refractivity contribution in [2.45, 2.75) is 45.1 Å². The molecular weight excluding hydrogens is 300 g/mol. The Morgan fingerprint density at radius 3 is 2.50 bits per heavy atom. The fraction of sp³-hybridized carbons (Fsp3) is 0.571. The Kier molecular flexibility index (Phi) is 3.54. The summed E-state index contributed by atoms with van der Waals surface area (Å²) in [5, 5.41) is 0. The molecule has 0 aliphatic heterocycles. The first kappa shape index (κ1) is 13.9. The standard InChI is InChI=1S/C14H18BrF2N/c1-13(2)6-3-7-14(13,18)8-9-11(16)5-4-10(15)12(9)17/h4-5H,3,6-8,18H2,1-2H3. The molecule has 1 aromatic rings. The zero-order valence-corrected chi connectivity index (χ0v) is 12.3. The lowest BCUT2D eigenvalue weighted by Gasteiger charge is -2.38. The molecule has 1 nitrogen and oxygen atoms in total. The third-order valence-corrected chi connectivity index (χ3v) is 5.02. The van der Waals surface area contributed by atoms with E-state index in [-0.39, 0.29) is 17.4 Å². The van der Waals surface area contributed by atoms with Gasteiger partial charge in [0.25, 0.3) is 0 Å². The minimum Gasteiger partial charge on any atom is -0.324 e. The van der Waals surface area contributed by atoms with Gasteiger partial charge in [-0.15, -0.1) is 0 Å². The average Bonchev–Trinajstić information content (AvgIpc) is 2.54. The van der Waals surface area contributed by atoms with Crippen LogP contribution >= 0.6 is 15.9 Å². The van der Waals surface area contributed by atoms with Gasteiger partial charge < -0.3 is 5.73 Å². The van der Waals surface area contributed by atoms with Crippen molar-refractivity contribution in [2.75, 3.05) is 0 Å². The molecule has 4 heteroatoms. The van der Waals surface area contributed by atoms with Gasteiger partial charge >= 0.3 is 0 Å². The van der Waals surface area contributed by atoms with Gasteiger partial charge in [0, 0.05) is 11.1 Å². The first-order valence-corrected chi connectivity index (χ1v) is 6.97. The summed E-state index contributed by atoms with van der Waals surface area (Å²) in [5.41, 5.74) is 5.89.